The molecule has 0 saturated carbocycles. The number of carbonyl (C=O) groups excluding carboxylic acids is 1. The maximum atomic E-state index is 12.8. The number of amides is 1. The number of carbonyl (C=O) groups is 1. The maximum absolute atomic E-state index is 12.8. The zero-order chi connectivity index (χ0) is 15.3. The Balaban J connectivity index is 4.59. The molecule has 0 aliphatic heterocycles. The lowest BCUT2D eigenvalue weighted by molar-refractivity contribution is -0.118. The van der Waals surface area contributed by atoms with Crippen LogP contribution in [0.5, 0.6) is 0 Å². The Labute approximate surface area is 119 Å². The highest BCUT2D eigenvalue weighted by Crippen LogP contribution is 2.53. The molecule has 0 fully saturated rings. The van der Waals surface area contributed by atoms with Crippen molar-refractivity contribution in [1.82, 2.24) is 5.32 Å². The van der Waals surface area contributed by atoms with Crippen LogP contribution in [0.4, 0.5) is 0 Å². The monoisotopic (exact) mass is 325 g/mol. The molecule has 0 unspecified atom stereocenters. The Kier molecular flexibility index (Phi) is 7.19. The van der Waals surface area contributed by atoms with Crippen LogP contribution in [0.2, 0.25) is 39.3 Å². The summed E-state index contributed by atoms with van der Waals surface area (Å²) >= 11 is 0. The molecule has 0 aromatic rings. The minimum absolute atomic E-state index is 0.0768. The first-order valence-corrected chi connectivity index (χ1v) is 15.1. The second-order valence-electron chi connectivity index (χ2n) is 6.58. The van der Waals surface area contributed by atoms with Crippen molar-refractivity contribution >= 4 is 30.1 Å². The smallest absolute Gasteiger partial charge is 0.311 e. The Morgan fingerprint density at radius 2 is 1.47 bits per heavy atom. The van der Waals surface area contributed by atoms with Crippen molar-refractivity contribution in [1.29, 1.82) is 0 Å². The highest BCUT2D eigenvalue weighted by molar-refractivity contribution is 7.57. The van der Waals surface area contributed by atoms with Gasteiger partial charge in [-0.05, 0) is 45.7 Å². The first-order chi connectivity index (χ1) is 8.33. The SMILES string of the molecule is CC(=O)NCCCP(=O)(O[Si](C)(C)C)O[Si](C)(C)C. The Hall–Kier alpha value is 0.0538. The van der Waals surface area contributed by atoms with Gasteiger partial charge in [-0.25, -0.2) is 0 Å². The van der Waals surface area contributed by atoms with Gasteiger partial charge in [0.25, 0.3) is 0 Å². The second kappa shape index (κ2) is 7.17. The second-order valence-corrected chi connectivity index (χ2v) is 18.2. The van der Waals surface area contributed by atoms with Gasteiger partial charge < -0.3 is 13.7 Å². The van der Waals surface area contributed by atoms with Gasteiger partial charge in [0.2, 0.25) is 5.91 Å². The molecular weight excluding hydrogens is 297 g/mol. The van der Waals surface area contributed by atoms with E-state index in [1.165, 1.54) is 6.92 Å². The topological polar surface area (TPSA) is 64.6 Å². The van der Waals surface area contributed by atoms with Crippen LogP contribution in [0.15, 0.2) is 0 Å². The van der Waals surface area contributed by atoms with E-state index >= 15 is 0 Å². The van der Waals surface area contributed by atoms with E-state index in [4.69, 9.17) is 8.43 Å². The lowest BCUT2D eigenvalue weighted by atomic mass is 10.5. The van der Waals surface area contributed by atoms with Crippen LogP contribution < -0.4 is 5.32 Å². The fourth-order valence-electron chi connectivity index (χ4n) is 1.48. The Morgan fingerprint density at radius 1 is 1.05 bits per heavy atom. The largest absolute Gasteiger partial charge is 0.356 e. The molecule has 19 heavy (non-hydrogen) atoms. The van der Waals surface area contributed by atoms with Crippen molar-refractivity contribution in [3.05, 3.63) is 0 Å². The predicted molar refractivity (Wildman–Crippen MR) is 84.6 cm³/mol. The number of nitrogens with one attached hydrogen (secondary N) is 1. The van der Waals surface area contributed by atoms with Gasteiger partial charge in [0.15, 0.2) is 16.6 Å². The molecule has 1 N–H and O–H groups in total. The molecule has 114 valence electrons. The van der Waals surface area contributed by atoms with Crippen LogP contribution in [-0.2, 0) is 17.8 Å². The molecule has 8 heteroatoms. The Bertz CT molecular complexity index is 330. The van der Waals surface area contributed by atoms with Crippen molar-refractivity contribution in [3.63, 3.8) is 0 Å². The molecule has 0 atom stereocenters. The van der Waals surface area contributed by atoms with E-state index < -0.39 is 24.2 Å². The van der Waals surface area contributed by atoms with Crippen LogP contribution in [0.3, 0.4) is 0 Å². The van der Waals surface area contributed by atoms with Crippen molar-refractivity contribution in [2.24, 2.45) is 0 Å². The molecule has 0 bridgehead atoms. The van der Waals surface area contributed by atoms with Gasteiger partial charge in [-0.2, -0.15) is 0 Å². The molecule has 0 aliphatic carbocycles. The first-order valence-electron chi connectivity index (χ1n) is 6.58. The van der Waals surface area contributed by atoms with Crippen LogP contribution in [0.1, 0.15) is 13.3 Å². The van der Waals surface area contributed by atoms with Gasteiger partial charge >= 0.3 is 7.60 Å². The third-order valence-electron chi connectivity index (χ3n) is 1.81. The van der Waals surface area contributed by atoms with Gasteiger partial charge in [0, 0.05) is 13.5 Å². The molecular formula is C11H28NO4PSi2. The summed E-state index contributed by atoms with van der Waals surface area (Å²) in [4.78, 5) is 10.8. The molecule has 0 aliphatic rings. The highest BCUT2D eigenvalue weighted by atomic mass is 31.2. The third-order valence-corrected chi connectivity index (χ3v) is 9.28. The lowest BCUT2D eigenvalue weighted by Crippen LogP contribution is -2.31. The van der Waals surface area contributed by atoms with Crippen LogP contribution in [0, 0.1) is 0 Å². The van der Waals surface area contributed by atoms with Crippen LogP contribution in [-0.4, -0.2) is 35.2 Å². The summed E-state index contributed by atoms with van der Waals surface area (Å²) in [6.07, 6.45) is 0.966. The average molecular weight is 325 g/mol. The maximum Gasteiger partial charge on any atom is 0.311 e. The Morgan fingerprint density at radius 3 is 1.79 bits per heavy atom. The third kappa shape index (κ3) is 11.6. The highest BCUT2D eigenvalue weighted by Gasteiger charge is 2.35. The van der Waals surface area contributed by atoms with Crippen molar-refractivity contribution < 1.29 is 17.8 Å². The van der Waals surface area contributed by atoms with Gasteiger partial charge in [-0.3, -0.25) is 9.36 Å². The average Bonchev–Trinajstić information content (AvgIpc) is 2.05. The molecule has 0 saturated heterocycles. The molecule has 1 amide bonds. The van der Waals surface area contributed by atoms with Gasteiger partial charge in [0.05, 0.1) is 6.16 Å². The summed E-state index contributed by atoms with van der Waals surface area (Å²) in [7, 11) is -6.91. The van der Waals surface area contributed by atoms with Gasteiger partial charge in [-0.1, -0.05) is 0 Å². The number of hydrogen-bond donors (Lipinski definition) is 1. The molecule has 0 radical (unpaired) electrons. The van der Waals surface area contributed by atoms with Crippen molar-refractivity contribution in [2.45, 2.75) is 52.6 Å². The minimum atomic E-state index is -3.05. The molecule has 0 aromatic carbocycles. The number of rotatable bonds is 8. The molecule has 0 rings (SSSR count). The van der Waals surface area contributed by atoms with Gasteiger partial charge in [0.1, 0.15) is 0 Å². The van der Waals surface area contributed by atoms with E-state index in [-0.39, 0.29) is 5.91 Å². The quantitative estimate of drug-likeness (QED) is 0.422. The zero-order valence-corrected chi connectivity index (χ0v) is 16.1. The van der Waals surface area contributed by atoms with Crippen molar-refractivity contribution in [3.8, 4) is 0 Å². The van der Waals surface area contributed by atoms with E-state index in [2.05, 4.69) is 5.32 Å². The van der Waals surface area contributed by atoms with Crippen molar-refractivity contribution in [2.75, 3.05) is 12.7 Å². The number of hydrogen-bond acceptors (Lipinski definition) is 4. The summed E-state index contributed by atoms with van der Waals surface area (Å²) in [6, 6.07) is 0. The summed E-state index contributed by atoms with van der Waals surface area (Å²) in [5.41, 5.74) is 0. The normalized spacial score (nSPS) is 13.4. The van der Waals surface area contributed by atoms with Gasteiger partial charge in [-0.15, -0.1) is 0 Å². The molecule has 5 nitrogen and oxygen atoms in total. The molecule has 0 aromatic heterocycles. The van der Waals surface area contributed by atoms with Crippen LogP contribution >= 0.6 is 7.60 Å². The first kappa shape index (κ1) is 19.1. The fourth-order valence-corrected chi connectivity index (χ4v) is 9.92. The summed E-state index contributed by atoms with van der Waals surface area (Å²) < 4.78 is 24.4. The molecule has 0 heterocycles. The minimum Gasteiger partial charge on any atom is -0.356 e. The summed E-state index contributed by atoms with van der Waals surface area (Å²) in [6.45, 7) is 14.0. The fraction of sp³-hybridized carbons (Fsp3) is 0.909. The van der Waals surface area contributed by atoms with E-state index in [0.29, 0.717) is 19.1 Å². The predicted octanol–water partition coefficient (Wildman–Crippen LogP) is 3.41. The van der Waals surface area contributed by atoms with E-state index in [1.807, 2.05) is 39.3 Å². The lowest BCUT2D eigenvalue weighted by Gasteiger charge is -2.31. The van der Waals surface area contributed by atoms with E-state index in [1.54, 1.807) is 0 Å². The zero-order valence-electron chi connectivity index (χ0n) is 13.2. The van der Waals surface area contributed by atoms with Crippen LogP contribution in [0.25, 0.3) is 0 Å². The standard InChI is InChI=1S/C11H28NO4PSi2/c1-11(13)12-9-8-10-17(14,15-18(2,3)4)16-19(5,6)7/h8-10H2,1-7H3,(H,12,13). The van der Waals surface area contributed by atoms with E-state index in [9.17, 15) is 9.36 Å². The molecule has 0 spiro atoms. The summed E-state index contributed by atoms with van der Waals surface area (Å²) in [5.74, 6) is -0.0768. The summed E-state index contributed by atoms with van der Waals surface area (Å²) in [5, 5.41) is 2.70. The van der Waals surface area contributed by atoms with E-state index in [0.717, 1.165) is 0 Å².